The molecule has 2 heterocycles. The van der Waals surface area contributed by atoms with E-state index in [0.29, 0.717) is 29.8 Å². The van der Waals surface area contributed by atoms with E-state index in [1.807, 2.05) is 0 Å². The van der Waals surface area contributed by atoms with Crippen molar-refractivity contribution in [1.29, 1.82) is 5.26 Å². The minimum atomic E-state index is -1.45. The number of carbonyl (C=O) groups excluding carboxylic acids is 1. The molecule has 2 N–H and O–H groups in total. The van der Waals surface area contributed by atoms with Gasteiger partial charge in [0.1, 0.15) is 23.7 Å². The van der Waals surface area contributed by atoms with Crippen LogP contribution in [0.25, 0.3) is 0 Å². The Morgan fingerprint density at radius 3 is 2.87 bits per heavy atom. The Hall–Kier alpha value is -2.50. The molecule has 31 heavy (non-hydrogen) atoms. The summed E-state index contributed by atoms with van der Waals surface area (Å²) in [6, 6.07) is 9.44. The van der Waals surface area contributed by atoms with Crippen LogP contribution in [0.1, 0.15) is 40.9 Å². The molecule has 160 valence electrons. The van der Waals surface area contributed by atoms with E-state index < -0.39 is 22.8 Å². The smallest absolute Gasteiger partial charge is 0.185 e. The van der Waals surface area contributed by atoms with Crippen LogP contribution in [0.15, 0.2) is 41.5 Å². The predicted octanol–water partition coefficient (Wildman–Crippen LogP) is 4.59. The van der Waals surface area contributed by atoms with Gasteiger partial charge in [-0.1, -0.05) is 29.4 Å². The molecule has 0 bridgehead atoms. The number of hydrogen-bond acceptors (Lipinski definition) is 6. The lowest BCUT2D eigenvalue weighted by Gasteiger charge is -2.35. The third-order valence-corrected chi connectivity index (χ3v) is 7.54. The van der Waals surface area contributed by atoms with E-state index in [1.54, 1.807) is 6.07 Å². The summed E-state index contributed by atoms with van der Waals surface area (Å²) in [6.07, 6.45) is 2.81. The highest BCUT2D eigenvalue weighted by molar-refractivity contribution is 8.15. The number of amidine groups is 1. The van der Waals surface area contributed by atoms with Crippen molar-refractivity contribution in [2.75, 3.05) is 6.67 Å². The molecule has 1 aromatic heterocycles. The number of rotatable bonds is 7. The van der Waals surface area contributed by atoms with Gasteiger partial charge in [-0.3, -0.25) is 9.78 Å². The standard InChI is InChI=1S/C22H19ClF2N4OS/c23-14-3-5-17(28-11-14)18(30)9-13-2-4-16(25)15(8-13)22(12-24)19-10-21(19,6-1-7-26)31-20(27)29-22/h2-5,8,11,19H,1,6,9-10,12H2,(H2,27,29)/t19-,21+,22-/m1/s1. The molecule has 1 aliphatic heterocycles. The lowest BCUT2D eigenvalue weighted by molar-refractivity contribution is 0.0988. The van der Waals surface area contributed by atoms with Gasteiger partial charge < -0.3 is 5.73 Å². The van der Waals surface area contributed by atoms with Crippen molar-refractivity contribution in [1.82, 2.24) is 4.98 Å². The molecule has 1 aliphatic carbocycles. The Balaban J connectivity index is 1.67. The largest absolute Gasteiger partial charge is 0.378 e. The molecule has 3 atom stereocenters. The number of halogens is 3. The van der Waals surface area contributed by atoms with Gasteiger partial charge in [-0.05, 0) is 42.7 Å². The lowest BCUT2D eigenvalue weighted by atomic mass is 9.83. The molecule has 0 amide bonds. The maximum absolute atomic E-state index is 14.9. The molecule has 2 aromatic rings. The van der Waals surface area contributed by atoms with Crippen LogP contribution in [0.5, 0.6) is 0 Å². The second kappa shape index (κ2) is 8.21. The summed E-state index contributed by atoms with van der Waals surface area (Å²) in [6.45, 7) is -0.916. The maximum atomic E-state index is 14.9. The average molecular weight is 461 g/mol. The SMILES string of the molecule is N#CCC[C@]12C[C@H]1[C@@](CF)(c1cc(CC(=O)c3ccc(Cl)cn3)ccc1F)N=C(N)S2. The Morgan fingerprint density at radius 1 is 1.39 bits per heavy atom. The number of aromatic nitrogens is 1. The van der Waals surface area contributed by atoms with Gasteiger partial charge in [-0.15, -0.1) is 0 Å². The molecule has 2 aliphatic rings. The fraction of sp³-hybridized carbons (Fsp3) is 0.364. The van der Waals surface area contributed by atoms with Crippen LogP contribution in [0, 0.1) is 23.1 Å². The maximum Gasteiger partial charge on any atom is 0.185 e. The topological polar surface area (TPSA) is 92.1 Å². The van der Waals surface area contributed by atoms with Gasteiger partial charge >= 0.3 is 0 Å². The number of aliphatic imine (C=N–C) groups is 1. The number of ketones is 1. The number of thioether (sulfide) groups is 1. The number of nitrogens with two attached hydrogens (primary N) is 1. The zero-order chi connectivity index (χ0) is 22.2. The molecule has 0 unspecified atom stereocenters. The van der Waals surface area contributed by atoms with Crippen molar-refractivity contribution in [3.05, 3.63) is 64.2 Å². The Bertz CT molecular complexity index is 1100. The number of pyridine rings is 1. The fourth-order valence-corrected chi connectivity index (χ4v) is 5.91. The fourth-order valence-electron chi connectivity index (χ4n) is 4.38. The van der Waals surface area contributed by atoms with Crippen LogP contribution in [0.3, 0.4) is 0 Å². The van der Waals surface area contributed by atoms with Gasteiger partial charge in [0.2, 0.25) is 0 Å². The number of alkyl halides is 1. The Kier molecular flexibility index (Phi) is 5.75. The highest BCUT2D eigenvalue weighted by Gasteiger charge is 2.67. The molecule has 5 nitrogen and oxygen atoms in total. The zero-order valence-corrected chi connectivity index (χ0v) is 18.0. The van der Waals surface area contributed by atoms with Crippen LogP contribution in [-0.2, 0) is 12.0 Å². The first kappa shape index (κ1) is 21.7. The number of carbonyl (C=O) groups is 1. The molecular weight excluding hydrogens is 442 g/mol. The predicted molar refractivity (Wildman–Crippen MR) is 116 cm³/mol. The summed E-state index contributed by atoms with van der Waals surface area (Å²) in [5, 5.41) is 9.58. The van der Waals surface area contributed by atoms with Crippen LogP contribution >= 0.6 is 23.4 Å². The summed E-state index contributed by atoms with van der Waals surface area (Å²) in [7, 11) is 0. The van der Waals surface area contributed by atoms with Gasteiger partial charge in [-0.2, -0.15) is 5.26 Å². The summed E-state index contributed by atoms with van der Waals surface area (Å²) < 4.78 is 29.1. The highest BCUT2D eigenvalue weighted by Crippen LogP contribution is 2.68. The van der Waals surface area contributed by atoms with Gasteiger partial charge in [0.25, 0.3) is 0 Å². The second-order valence-electron chi connectivity index (χ2n) is 7.87. The molecule has 9 heteroatoms. The van der Waals surface area contributed by atoms with Crippen molar-refractivity contribution in [3.63, 3.8) is 0 Å². The minimum absolute atomic E-state index is 0.0253. The average Bonchev–Trinajstić information content (AvgIpc) is 3.48. The monoisotopic (exact) mass is 460 g/mol. The molecule has 1 aromatic carbocycles. The summed E-state index contributed by atoms with van der Waals surface area (Å²) in [5.41, 5.74) is 5.43. The normalized spacial score (nSPS) is 26.5. The summed E-state index contributed by atoms with van der Waals surface area (Å²) >= 11 is 7.16. The minimum Gasteiger partial charge on any atom is -0.378 e. The molecular formula is C22H19ClF2N4OS. The van der Waals surface area contributed by atoms with E-state index in [9.17, 15) is 13.6 Å². The number of fused-ring (bicyclic) bond motifs is 1. The van der Waals surface area contributed by atoms with E-state index in [2.05, 4.69) is 16.0 Å². The van der Waals surface area contributed by atoms with Crippen molar-refractivity contribution < 1.29 is 13.6 Å². The Labute approximate surface area is 187 Å². The van der Waals surface area contributed by atoms with Crippen molar-refractivity contribution in [2.45, 2.75) is 36.0 Å². The molecule has 0 spiro atoms. The lowest BCUT2D eigenvalue weighted by Crippen LogP contribution is -2.40. The van der Waals surface area contributed by atoms with E-state index in [-0.39, 0.29) is 34.5 Å². The third-order valence-electron chi connectivity index (χ3n) is 5.96. The van der Waals surface area contributed by atoms with Gasteiger partial charge in [0.15, 0.2) is 11.0 Å². The zero-order valence-electron chi connectivity index (χ0n) is 16.4. The van der Waals surface area contributed by atoms with Crippen molar-refractivity contribution in [3.8, 4) is 6.07 Å². The van der Waals surface area contributed by atoms with E-state index in [4.69, 9.17) is 22.6 Å². The summed E-state index contributed by atoms with van der Waals surface area (Å²) in [4.78, 5) is 21.0. The van der Waals surface area contributed by atoms with Crippen LogP contribution in [0.2, 0.25) is 5.02 Å². The quantitative estimate of drug-likeness (QED) is 0.610. The van der Waals surface area contributed by atoms with Gasteiger partial charge in [0, 0.05) is 35.3 Å². The first-order chi connectivity index (χ1) is 14.8. The third kappa shape index (κ3) is 3.92. The number of Topliss-reactive ketones (excluding diaryl/α,β-unsaturated/α-hetero) is 1. The molecule has 0 saturated heterocycles. The van der Waals surface area contributed by atoms with E-state index in [1.165, 1.54) is 42.2 Å². The van der Waals surface area contributed by atoms with Gasteiger partial charge in [-0.25, -0.2) is 13.8 Å². The number of hydrogen-bond donors (Lipinski definition) is 1. The van der Waals surface area contributed by atoms with E-state index >= 15 is 0 Å². The van der Waals surface area contributed by atoms with Crippen LogP contribution in [-0.4, -0.2) is 27.4 Å². The van der Waals surface area contributed by atoms with Crippen LogP contribution in [0.4, 0.5) is 8.78 Å². The molecule has 4 rings (SSSR count). The first-order valence-electron chi connectivity index (χ1n) is 9.74. The number of nitrogens with zero attached hydrogens (tertiary/aromatic N) is 3. The first-order valence-corrected chi connectivity index (χ1v) is 10.9. The van der Waals surface area contributed by atoms with Crippen molar-refractivity contribution >= 4 is 34.3 Å². The molecule has 1 saturated carbocycles. The van der Waals surface area contributed by atoms with Crippen molar-refractivity contribution in [2.24, 2.45) is 16.6 Å². The summed E-state index contributed by atoms with van der Waals surface area (Å²) in [5.74, 6) is -1.13. The molecule has 1 fully saturated rings. The highest BCUT2D eigenvalue weighted by atomic mass is 35.5. The Morgan fingerprint density at radius 2 is 2.19 bits per heavy atom. The van der Waals surface area contributed by atoms with E-state index in [0.717, 1.165) is 0 Å². The number of nitriles is 1. The molecule has 0 radical (unpaired) electrons. The number of benzene rings is 1. The van der Waals surface area contributed by atoms with Crippen LogP contribution < -0.4 is 5.73 Å². The van der Waals surface area contributed by atoms with Gasteiger partial charge in [0.05, 0.1) is 11.1 Å². The second-order valence-corrected chi connectivity index (χ2v) is 9.74.